The highest BCUT2D eigenvalue weighted by Crippen LogP contribution is 2.20. The number of hydrogen-bond donors (Lipinski definition) is 2. The van der Waals surface area contributed by atoms with E-state index in [-0.39, 0.29) is 12.4 Å². The van der Waals surface area contributed by atoms with E-state index in [4.69, 9.17) is 5.11 Å². The monoisotopic (exact) mass is 358 g/mol. The number of nitrogens with one attached hydrogen (secondary N) is 1. The fraction of sp³-hybridized carbons (Fsp3) is 0.533. The average Bonchev–Trinajstić information content (AvgIpc) is 2.37. The van der Waals surface area contributed by atoms with Crippen molar-refractivity contribution in [3.63, 3.8) is 0 Å². The number of piperidine rings is 1. The number of carboxylic acids is 1. The fourth-order valence-electron chi connectivity index (χ4n) is 2.81. The van der Waals surface area contributed by atoms with Crippen LogP contribution in [0, 0.1) is 11.7 Å². The van der Waals surface area contributed by atoms with Gasteiger partial charge in [-0.1, -0.05) is 15.9 Å². The van der Waals surface area contributed by atoms with E-state index in [1.165, 1.54) is 6.07 Å². The van der Waals surface area contributed by atoms with Crippen molar-refractivity contribution in [2.75, 3.05) is 26.2 Å². The van der Waals surface area contributed by atoms with Crippen molar-refractivity contribution < 1.29 is 14.3 Å². The number of likely N-dealkylation sites (tertiary alicyclic amines) is 1. The molecule has 4 nitrogen and oxygen atoms in total. The standard InChI is InChI=1S/C15H20BrFN2O2/c16-13-4-12(5-14(17)6-13)10-19-3-1-2-11(9-19)7-18-8-15(20)21/h4-6,11,18H,1-3,7-10H2,(H,20,21). The van der Waals surface area contributed by atoms with Gasteiger partial charge in [-0.2, -0.15) is 0 Å². The van der Waals surface area contributed by atoms with Gasteiger partial charge in [0.05, 0.1) is 6.54 Å². The van der Waals surface area contributed by atoms with Crippen LogP contribution < -0.4 is 5.32 Å². The summed E-state index contributed by atoms with van der Waals surface area (Å²) in [7, 11) is 0. The van der Waals surface area contributed by atoms with Gasteiger partial charge in [-0.15, -0.1) is 0 Å². The van der Waals surface area contributed by atoms with E-state index in [1.54, 1.807) is 6.07 Å². The van der Waals surface area contributed by atoms with Gasteiger partial charge in [-0.05, 0) is 55.6 Å². The zero-order valence-electron chi connectivity index (χ0n) is 11.8. The Morgan fingerprint density at radius 3 is 3.00 bits per heavy atom. The Hall–Kier alpha value is -0.980. The zero-order chi connectivity index (χ0) is 15.2. The highest BCUT2D eigenvalue weighted by molar-refractivity contribution is 9.10. The first-order valence-electron chi connectivity index (χ1n) is 7.13. The van der Waals surface area contributed by atoms with Crippen LogP contribution in [0.1, 0.15) is 18.4 Å². The number of aliphatic carboxylic acids is 1. The highest BCUT2D eigenvalue weighted by Gasteiger charge is 2.20. The van der Waals surface area contributed by atoms with E-state index >= 15 is 0 Å². The number of carboxylic acid groups (broad SMARTS) is 1. The molecule has 1 aliphatic rings. The second-order valence-electron chi connectivity index (χ2n) is 5.55. The number of benzene rings is 1. The maximum Gasteiger partial charge on any atom is 0.317 e. The Labute approximate surface area is 132 Å². The second kappa shape index (κ2) is 7.87. The molecule has 1 aromatic rings. The predicted molar refractivity (Wildman–Crippen MR) is 82.6 cm³/mol. The lowest BCUT2D eigenvalue weighted by Crippen LogP contribution is -2.40. The molecular formula is C15H20BrFN2O2. The predicted octanol–water partition coefficient (Wildman–Crippen LogP) is 2.47. The van der Waals surface area contributed by atoms with Gasteiger partial charge < -0.3 is 10.4 Å². The van der Waals surface area contributed by atoms with Crippen LogP contribution in [0.5, 0.6) is 0 Å². The molecule has 116 valence electrons. The molecule has 1 aliphatic heterocycles. The minimum atomic E-state index is -0.827. The van der Waals surface area contributed by atoms with Gasteiger partial charge in [-0.25, -0.2) is 4.39 Å². The maximum absolute atomic E-state index is 13.4. The molecule has 6 heteroatoms. The topological polar surface area (TPSA) is 52.6 Å². The number of carbonyl (C=O) groups is 1. The third kappa shape index (κ3) is 5.73. The molecule has 1 saturated heterocycles. The lowest BCUT2D eigenvalue weighted by molar-refractivity contribution is -0.136. The molecule has 0 amide bonds. The van der Waals surface area contributed by atoms with E-state index in [0.717, 1.165) is 49.1 Å². The first-order valence-corrected chi connectivity index (χ1v) is 7.92. The molecule has 1 atom stereocenters. The van der Waals surface area contributed by atoms with Crippen LogP contribution in [0.3, 0.4) is 0 Å². The Balaban J connectivity index is 1.84. The van der Waals surface area contributed by atoms with Crippen LogP contribution in [-0.2, 0) is 11.3 Å². The van der Waals surface area contributed by atoms with E-state index in [0.29, 0.717) is 5.92 Å². The second-order valence-corrected chi connectivity index (χ2v) is 6.46. The van der Waals surface area contributed by atoms with E-state index in [1.807, 2.05) is 6.07 Å². The molecule has 0 saturated carbocycles. The largest absolute Gasteiger partial charge is 0.480 e. The summed E-state index contributed by atoms with van der Waals surface area (Å²) in [5.41, 5.74) is 0.959. The van der Waals surface area contributed by atoms with Gasteiger partial charge in [0.25, 0.3) is 0 Å². The van der Waals surface area contributed by atoms with Crippen LogP contribution in [0.25, 0.3) is 0 Å². The van der Waals surface area contributed by atoms with Crippen LogP contribution in [0.4, 0.5) is 4.39 Å². The number of hydrogen-bond acceptors (Lipinski definition) is 3. The number of rotatable bonds is 6. The molecule has 1 unspecified atom stereocenters. The Bertz CT molecular complexity index is 478. The van der Waals surface area contributed by atoms with Crippen molar-refractivity contribution >= 4 is 21.9 Å². The summed E-state index contributed by atoms with van der Waals surface area (Å²) in [6, 6.07) is 4.96. The molecule has 0 radical (unpaired) electrons. The lowest BCUT2D eigenvalue weighted by Gasteiger charge is -2.32. The summed E-state index contributed by atoms with van der Waals surface area (Å²) in [5, 5.41) is 11.6. The highest BCUT2D eigenvalue weighted by atomic mass is 79.9. The fourth-order valence-corrected chi connectivity index (χ4v) is 3.32. The Kier molecular flexibility index (Phi) is 6.14. The third-order valence-electron chi connectivity index (χ3n) is 3.64. The quantitative estimate of drug-likeness (QED) is 0.820. The van der Waals surface area contributed by atoms with Crippen molar-refractivity contribution in [1.29, 1.82) is 0 Å². The van der Waals surface area contributed by atoms with Gasteiger partial charge in [0.15, 0.2) is 0 Å². The molecule has 1 heterocycles. The van der Waals surface area contributed by atoms with Crippen molar-refractivity contribution in [2.24, 2.45) is 5.92 Å². The van der Waals surface area contributed by atoms with Crippen molar-refractivity contribution in [3.05, 3.63) is 34.1 Å². The average molecular weight is 359 g/mol. The van der Waals surface area contributed by atoms with Crippen LogP contribution in [0.15, 0.2) is 22.7 Å². The number of halogens is 2. The summed E-state index contributed by atoms with van der Waals surface area (Å²) in [6.45, 7) is 3.37. The van der Waals surface area contributed by atoms with Gasteiger partial charge in [0.2, 0.25) is 0 Å². The first-order chi connectivity index (χ1) is 10.0. The van der Waals surface area contributed by atoms with E-state index in [9.17, 15) is 9.18 Å². The van der Waals surface area contributed by atoms with Gasteiger partial charge in [0.1, 0.15) is 5.82 Å². The van der Waals surface area contributed by atoms with E-state index in [2.05, 4.69) is 26.1 Å². The van der Waals surface area contributed by atoms with Crippen molar-refractivity contribution in [2.45, 2.75) is 19.4 Å². The first kappa shape index (κ1) is 16.4. The summed E-state index contributed by atoms with van der Waals surface area (Å²) in [6.07, 6.45) is 2.20. The van der Waals surface area contributed by atoms with Gasteiger partial charge in [-0.3, -0.25) is 9.69 Å². The molecule has 0 spiro atoms. The summed E-state index contributed by atoms with van der Waals surface area (Å²) in [5.74, 6) is -0.599. The summed E-state index contributed by atoms with van der Waals surface area (Å²) < 4.78 is 14.1. The molecule has 1 aromatic carbocycles. The van der Waals surface area contributed by atoms with Crippen molar-refractivity contribution in [1.82, 2.24) is 10.2 Å². The molecule has 1 fully saturated rings. The van der Waals surface area contributed by atoms with Gasteiger partial charge >= 0.3 is 5.97 Å². The third-order valence-corrected chi connectivity index (χ3v) is 4.10. The SMILES string of the molecule is O=C(O)CNCC1CCCN(Cc2cc(F)cc(Br)c2)C1. The summed E-state index contributed by atoms with van der Waals surface area (Å²) in [4.78, 5) is 12.8. The van der Waals surface area contributed by atoms with Crippen LogP contribution in [0.2, 0.25) is 0 Å². The Morgan fingerprint density at radius 2 is 2.29 bits per heavy atom. The van der Waals surface area contributed by atoms with E-state index < -0.39 is 5.97 Å². The molecular weight excluding hydrogens is 339 g/mol. The maximum atomic E-state index is 13.4. The lowest BCUT2D eigenvalue weighted by atomic mass is 9.97. The minimum Gasteiger partial charge on any atom is -0.480 e. The van der Waals surface area contributed by atoms with Gasteiger partial charge in [0, 0.05) is 17.6 Å². The zero-order valence-corrected chi connectivity index (χ0v) is 13.4. The smallest absolute Gasteiger partial charge is 0.317 e. The van der Waals surface area contributed by atoms with Crippen molar-refractivity contribution in [3.8, 4) is 0 Å². The molecule has 0 bridgehead atoms. The molecule has 0 aromatic heterocycles. The Morgan fingerprint density at radius 1 is 1.48 bits per heavy atom. The molecule has 0 aliphatic carbocycles. The molecule has 2 N–H and O–H groups in total. The minimum absolute atomic E-state index is 0.00729. The summed E-state index contributed by atoms with van der Waals surface area (Å²) >= 11 is 3.31. The molecule has 21 heavy (non-hydrogen) atoms. The van der Waals surface area contributed by atoms with Crippen LogP contribution in [-0.4, -0.2) is 42.2 Å². The number of nitrogens with zero attached hydrogens (tertiary/aromatic N) is 1. The molecule has 2 rings (SSSR count). The van der Waals surface area contributed by atoms with Crippen LogP contribution >= 0.6 is 15.9 Å². The normalized spacial score (nSPS) is 19.6.